The molecule has 1 saturated carbocycles. The Bertz CT molecular complexity index is 904. The number of piperazine rings is 1. The first-order valence-corrected chi connectivity index (χ1v) is 10.2. The third-order valence-electron chi connectivity index (χ3n) is 5.99. The summed E-state index contributed by atoms with van der Waals surface area (Å²) in [5.41, 5.74) is 1.79. The van der Waals surface area contributed by atoms with Gasteiger partial charge in [0.15, 0.2) is 11.5 Å². The van der Waals surface area contributed by atoms with Gasteiger partial charge in [-0.05, 0) is 48.7 Å². The van der Waals surface area contributed by atoms with Crippen LogP contribution in [0.1, 0.15) is 18.4 Å². The Morgan fingerprint density at radius 1 is 0.929 bits per heavy atom. The molecule has 0 spiro atoms. The van der Waals surface area contributed by atoms with E-state index in [2.05, 4.69) is 11.0 Å². The number of halogens is 1. The van der Waals surface area contributed by atoms with Gasteiger partial charge in [0.2, 0.25) is 5.91 Å². The summed E-state index contributed by atoms with van der Waals surface area (Å²) in [6, 6.07) is 13.9. The predicted molar refractivity (Wildman–Crippen MR) is 109 cm³/mol. The van der Waals surface area contributed by atoms with Crippen molar-refractivity contribution in [1.82, 2.24) is 4.90 Å². The van der Waals surface area contributed by atoms with Crippen LogP contribution in [-0.2, 0) is 10.2 Å². The lowest BCUT2D eigenvalue weighted by molar-refractivity contribution is -0.134. The highest BCUT2D eigenvalue weighted by Gasteiger charge is 2.53. The molecular formula is C22H23ClN2O3. The Kier molecular flexibility index (Phi) is 4.35. The highest BCUT2D eigenvalue weighted by atomic mass is 35.5. The molecule has 2 aromatic rings. The maximum Gasteiger partial charge on any atom is 0.233 e. The lowest BCUT2D eigenvalue weighted by Crippen LogP contribution is -2.51. The highest BCUT2D eigenvalue weighted by molar-refractivity contribution is 6.30. The van der Waals surface area contributed by atoms with E-state index < -0.39 is 0 Å². The number of anilines is 1. The van der Waals surface area contributed by atoms with Crippen LogP contribution in [0.4, 0.5) is 5.69 Å². The minimum Gasteiger partial charge on any atom is -0.486 e. The van der Waals surface area contributed by atoms with E-state index in [0.29, 0.717) is 13.2 Å². The fourth-order valence-corrected chi connectivity index (χ4v) is 4.42. The molecule has 0 N–H and O–H groups in total. The van der Waals surface area contributed by atoms with E-state index in [1.165, 1.54) is 0 Å². The molecule has 0 bridgehead atoms. The van der Waals surface area contributed by atoms with Crippen molar-refractivity contribution in [3.05, 3.63) is 53.1 Å². The summed E-state index contributed by atoms with van der Waals surface area (Å²) in [6.45, 7) is 4.25. The zero-order valence-corrected chi connectivity index (χ0v) is 16.5. The lowest BCUT2D eigenvalue weighted by atomic mass is 9.93. The topological polar surface area (TPSA) is 42.0 Å². The zero-order valence-electron chi connectivity index (χ0n) is 15.7. The number of ether oxygens (including phenoxy) is 2. The number of rotatable bonds is 3. The van der Waals surface area contributed by atoms with Crippen LogP contribution >= 0.6 is 11.6 Å². The van der Waals surface area contributed by atoms with Crippen molar-refractivity contribution in [3.8, 4) is 11.5 Å². The van der Waals surface area contributed by atoms with Gasteiger partial charge in [-0.25, -0.2) is 0 Å². The molecule has 2 aliphatic heterocycles. The molecule has 0 radical (unpaired) electrons. The third-order valence-corrected chi connectivity index (χ3v) is 6.23. The van der Waals surface area contributed by atoms with E-state index in [1.54, 1.807) is 0 Å². The summed E-state index contributed by atoms with van der Waals surface area (Å²) in [5.74, 6) is 1.77. The normalized spacial score (nSPS) is 20.0. The van der Waals surface area contributed by atoms with Crippen LogP contribution in [0.15, 0.2) is 42.5 Å². The Balaban J connectivity index is 1.29. The Labute approximate surface area is 169 Å². The average Bonchev–Trinajstić information content (AvgIpc) is 3.55. The van der Waals surface area contributed by atoms with Gasteiger partial charge in [-0.2, -0.15) is 0 Å². The maximum absolute atomic E-state index is 13.4. The standard InChI is InChI=1S/C22H23ClN2O3/c23-17-2-1-3-18(15-17)24-8-10-25(11-9-24)21(26)22(6-7-22)16-4-5-19-20(14-16)28-13-12-27-19/h1-5,14-15H,6-13H2. The summed E-state index contributed by atoms with van der Waals surface area (Å²) in [6.07, 6.45) is 1.81. The van der Waals surface area contributed by atoms with E-state index >= 15 is 0 Å². The summed E-state index contributed by atoms with van der Waals surface area (Å²) in [4.78, 5) is 17.7. The van der Waals surface area contributed by atoms with E-state index in [4.69, 9.17) is 21.1 Å². The molecule has 2 fully saturated rings. The fourth-order valence-electron chi connectivity index (χ4n) is 4.24. The van der Waals surface area contributed by atoms with Crippen molar-refractivity contribution in [3.63, 3.8) is 0 Å². The Hall–Kier alpha value is -2.40. The number of hydrogen-bond donors (Lipinski definition) is 0. The van der Waals surface area contributed by atoms with Gasteiger partial charge >= 0.3 is 0 Å². The van der Waals surface area contributed by atoms with Gasteiger partial charge in [-0.3, -0.25) is 4.79 Å². The first-order valence-electron chi connectivity index (χ1n) is 9.86. The second-order valence-corrected chi connectivity index (χ2v) is 8.14. The molecule has 0 unspecified atom stereocenters. The minimum atomic E-state index is -0.381. The SMILES string of the molecule is O=C(N1CCN(c2cccc(Cl)c2)CC1)C1(c2ccc3c(c2)OCCO3)CC1. The van der Waals surface area contributed by atoms with E-state index in [9.17, 15) is 4.79 Å². The first kappa shape index (κ1) is 17.7. The number of fused-ring (bicyclic) bond motifs is 1. The quantitative estimate of drug-likeness (QED) is 0.793. The van der Waals surface area contributed by atoms with Crippen LogP contribution in [0.2, 0.25) is 5.02 Å². The number of hydrogen-bond acceptors (Lipinski definition) is 4. The van der Waals surface area contributed by atoms with Gasteiger partial charge in [0.1, 0.15) is 13.2 Å². The largest absolute Gasteiger partial charge is 0.486 e. The second kappa shape index (κ2) is 6.89. The van der Waals surface area contributed by atoms with Crippen molar-refractivity contribution in [2.24, 2.45) is 0 Å². The molecule has 1 saturated heterocycles. The lowest BCUT2D eigenvalue weighted by Gasteiger charge is -2.38. The Morgan fingerprint density at radius 3 is 2.39 bits per heavy atom. The molecule has 2 aromatic carbocycles. The molecule has 5 rings (SSSR count). The summed E-state index contributed by atoms with van der Waals surface area (Å²) < 4.78 is 11.3. The number of amides is 1. The molecule has 28 heavy (non-hydrogen) atoms. The molecule has 3 aliphatic rings. The van der Waals surface area contributed by atoms with Gasteiger partial charge in [-0.15, -0.1) is 0 Å². The first-order chi connectivity index (χ1) is 13.7. The Morgan fingerprint density at radius 2 is 1.68 bits per heavy atom. The van der Waals surface area contributed by atoms with Gasteiger partial charge in [0, 0.05) is 36.9 Å². The van der Waals surface area contributed by atoms with Crippen molar-refractivity contribution < 1.29 is 14.3 Å². The smallest absolute Gasteiger partial charge is 0.233 e. The summed E-state index contributed by atoms with van der Waals surface area (Å²) in [7, 11) is 0. The summed E-state index contributed by atoms with van der Waals surface area (Å²) in [5, 5.41) is 0.742. The second-order valence-electron chi connectivity index (χ2n) is 7.70. The van der Waals surface area contributed by atoms with Crippen LogP contribution < -0.4 is 14.4 Å². The van der Waals surface area contributed by atoms with Crippen molar-refractivity contribution in [1.29, 1.82) is 0 Å². The van der Waals surface area contributed by atoms with Crippen molar-refractivity contribution in [2.75, 3.05) is 44.3 Å². The van der Waals surface area contributed by atoms with Crippen LogP contribution in [0, 0.1) is 0 Å². The molecule has 1 amide bonds. The van der Waals surface area contributed by atoms with E-state index in [0.717, 1.165) is 66.8 Å². The molecule has 6 heteroatoms. The number of carbonyl (C=O) groups excluding carboxylic acids is 1. The average molecular weight is 399 g/mol. The predicted octanol–water partition coefficient (Wildman–Crippen LogP) is 3.49. The van der Waals surface area contributed by atoms with Crippen LogP contribution in [0.3, 0.4) is 0 Å². The molecule has 1 aliphatic carbocycles. The van der Waals surface area contributed by atoms with Gasteiger partial charge in [-0.1, -0.05) is 23.7 Å². The number of nitrogens with zero attached hydrogens (tertiary/aromatic N) is 2. The summed E-state index contributed by atoms with van der Waals surface area (Å²) >= 11 is 6.12. The van der Waals surface area contributed by atoms with Crippen LogP contribution in [0.5, 0.6) is 11.5 Å². The number of carbonyl (C=O) groups is 1. The van der Waals surface area contributed by atoms with Crippen molar-refractivity contribution in [2.45, 2.75) is 18.3 Å². The minimum absolute atomic E-state index is 0.245. The highest BCUT2D eigenvalue weighted by Crippen LogP contribution is 2.51. The van der Waals surface area contributed by atoms with E-state index in [-0.39, 0.29) is 11.3 Å². The van der Waals surface area contributed by atoms with Crippen LogP contribution in [0.25, 0.3) is 0 Å². The number of benzene rings is 2. The zero-order chi connectivity index (χ0) is 19.1. The molecule has 2 heterocycles. The van der Waals surface area contributed by atoms with Gasteiger partial charge in [0.25, 0.3) is 0 Å². The molecule has 5 nitrogen and oxygen atoms in total. The van der Waals surface area contributed by atoms with Crippen LogP contribution in [-0.4, -0.2) is 50.2 Å². The third kappa shape index (κ3) is 3.08. The molecule has 0 aromatic heterocycles. The fraction of sp³-hybridized carbons (Fsp3) is 0.409. The van der Waals surface area contributed by atoms with Gasteiger partial charge in [0.05, 0.1) is 5.41 Å². The monoisotopic (exact) mass is 398 g/mol. The molecular weight excluding hydrogens is 376 g/mol. The molecule has 0 atom stereocenters. The van der Waals surface area contributed by atoms with Crippen molar-refractivity contribution >= 4 is 23.2 Å². The maximum atomic E-state index is 13.4. The molecule has 146 valence electrons. The van der Waals surface area contributed by atoms with E-state index in [1.807, 2.05) is 41.3 Å². The van der Waals surface area contributed by atoms with Gasteiger partial charge < -0.3 is 19.3 Å².